The van der Waals surface area contributed by atoms with Crippen molar-refractivity contribution in [3.8, 4) is 0 Å². The molecule has 0 radical (unpaired) electrons. The van der Waals surface area contributed by atoms with Crippen molar-refractivity contribution in [1.29, 1.82) is 0 Å². The van der Waals surface area contributed by atoms with E-state index in [1.54, 1.807) is 20.8 Å². The van der Waals surface area contributed by atoms with Crippen molar-refractivity contribution in [1.82, 2.24) is 10.2 Å². The smallest absolute Gasteiger partial charge is 0.326 e. The highest BCUT2D eigenvalue weighted by atomic mass is 32.1. The number of ether oxygens (including phenoxy) is 1. The molecular weight excluding hydrogens is 316 g/mol. The Hall–Kier alpha value is -1.73. The molecule has 4 unspecified atom stereocenters. The van der Waals surface area contributed by atoms with Gasteiger partial charge in [0.1, 0.15) is 5.54 Å². The van der Waals surface area contributed by atoms with E-state index < -0.39 is 23.3 Å². The normalized spacial score (nSPS) is 33.2. The molecule has 3 rings (SSSR count). The minimum absolute atomic E-state index is 0.207. The highest BCUT2D eigenvalue weighted by Crippen LogP contribution is 2.49. The first-order chi connectivity index (χ1) is 11.0. The molecule has 23 heavy (non-hydrogen) atoms. The monoisotopic (exact) mass is 336 g/mol. The summed E-state index contributed by atoms with van der Waals surface area (Å²) in [5, 5.41) is 5.15. The molecule has 4 atom stereocenters. The standard InChI is InChI=1S/C16H20N2O4S/c1-4-18-13(19)10-11(14(18)20)16(3,15(21)22-5-2)17-12(10)9-7-6-8-23-9/h6-8,10-12,17H,4-5H2,1-3H3. The van der Waals surface area contributed by atoms with Crippen LogP contribution in [-0.2, 0) is 19.1 Å². The lowest BCUT2D eigenvalue weighted by atomic mass is 9.81. The average Bonchev–Trinajstić information content (AvgIpc) is 3.18. The third kappa shape index (κ3) is 2.21. The quantitative estimate of drug-likeness (QED) is 0.663. The van der Waals surface area contributed by atoms with Crippen LogP contribution >= 0.6 is 11.3 Å². The van der Waals surface area contributed by atoms with E-state index in [9.17, 15) is 14.4 Å². The van der Waals surface area contributed by atoms with Gasteiger partial charge in [-0.2, -0.15) is 0 Å². The van der Waals surface area contributed by atoms with Gasteiger partial charge in [0.25, 0.3) is 0 Å². The Morgan fingerprint density at radius 2 is 2.13 bits per heavy atom. The van der Waals surface area contributed by atoms with Crippen LogP contribution in [0.3, 0.4) is 0 Å². The van der Waals surface area contributed by atoms with E-state index in [2.05, 4.69) is 5.32 Å². The number of nitrogens with one attached hydrogen (secondary N) is 1. The summed E-state index contributed by atoms with van der Waals surface area (Å²) in [6.07, 6.45) is 0. The molecule has 2 saturated heterocycles. The van der Waals surface area contributed by atoms with Crippen molar-refractivity contribution in [2.75, 3.05) is 13.2 Å². The number of rotatable bonds is 4. The highest BCUT2D eigenvalue weighted by molar-refractivity contribution is 7.10. The van der Waals surface area contributed by atoms with Crippen LogP contribution < -0.4 is 5.32 Å². The molecule has 2 aliphatic rings. The summed E-state index contributed by atoms with van der Waals surface area (Å²) in [6.45, 7) is 5.72. The predicted octanol–water partition coefficient (Wildman–Crippen LogP) is 1.34. The molecule has 0 aromatic carbocycles. The van der Waals surface area contributed by atoms with Gasteiger partial charge in [0, 0.05) is 11.4 Å². The minimum atomic E-state index is -1.19. The van der Waals surface area contributed by atoms with E-state index in [-0.39, 0.29) is 24.5 Å². The zero-order valence-electron chi connectivity index (χ0n) is 13.4. The van der Waals surface area contributed by atoms with Crippen molar-refractivity contribution >= 4 is 29.1 Å². The van der Waals surface area contributed by atoms with Crippen LogP contribution in [0.1, 0.15) is 31.7 Å². The molecule has 2 fully saturated rings. The molecular formula is C16H20N2O4S. The molecule has 7 heteroatoms. The van der Waals surface area contributed by atoms with Crippen LogP contribution in [0.4, 0.5) is 0 Å². The number of likely N-dealkylation sites (tertiary alicyclic amines) is 1. The Morgan fingerprint density at radius 3 is 2.70 bits per heavy atom. The van der Waals surface area contributed by atoms with Gasteiger partial charge in [-0.1, -0.05) is 6.07 Å². The number of thiophene rings is 1. The Bertz CT molecular complexity index is 645. The van der Waals surface area contributed by atoms with Crippen LogP contribution in [0.5, 0.6) is 0 Å². The summed E-state index contributed by atoms with van der Waals surface area (Å²) >= 11 is 1.51. The van der Waals surface area contributed by atoms with Crippen LogP contribution in [0.15, 0.2) is 17.5 Å². The number of amides is 2. The topological polar surface area (TPSA) is 75.7 Å². The molecule has 0 saturated carbocycles. The second kappa shape index (κ2) is 5.72. The molecule has 1 N–H and O–H groups in total. The van der Waals surface area contributed by atoms with Gasteiger partial charge in [0.15, 0.2) is 0 Å². The van der Waals surface area contributed by atoms with Gasteiger partial charge in [-0.05, 0) is 32.2 Å². The molecule has 0 aliphatic carbocycles. The van der Waals surface area contributed by atoms with Crippen molar-refractivity contribution in [2.45, 2.75) is 32.4 Å². The van der Waals surface area contributed by atoms with Crippen molar-refractivity contribution in [3.05, 3.63) is 22.4 Å². The molecule has 2 aliphatic heterocycles. The number of hydrogen-bond acceptors (Lipinski definition) is 6. The lowest BCUT2D eigenvalue weighted by molar-refractivity contribution is -0.155. The number of esters is 1. The zero-order valence-corrected chi connectivity index (χ0v) is 14.2. The molecule has 0 bridgehead atoms. The lowest BCUT2D eigenvalue weighted by Gasteiger charge is -2.28. The number of imide groups is 1. The average molecular weight is 336 g/mol. The SMILES string of the molecule is CCOC(=O)C1(C)NC(c2cccs2)C2C(=O)N(CC)C(=O)C21. The van der Waals surface area contributed by atoms with Gasteiger partial charge < -0.3 is 4.74 Å². The molecule has 1 aromatic heterocycles. The maximum atomic E-state index is 12.7. The molecule has 124 valence electrons. The number of fused-ring (bicyclic) bond motifs is 1. The van der Waals surface area contributed by atoms with Crippen LogP contribution in [0, 0.1) is 11.8 Å². The fraction of sp³-hybridized carbons (Fsp3) is 0.562. The van der Waals surface area contributed by atoms with Crippen LogP contribution in [0.25, 0.3) is 0 Å². The first-order valence-electron chi connectivity index (χ1n) is 7.79. The largest absolute Gasteiger partial charge is 0.465 e. The fourth-order valence-electron chi connectivity index (χ4n) is 3.69. The zero-order chi connectivity index (χ0) is 16.8. The van der Waals surface area contributed by atoms with Gasteiger partial charge in [-0.15, -0.1) is 11.3 Å². The first-order valence-corrected chi connectivity index (χ1v) is 8.67. The summed E-state index contributed by atoms with van der Waals surface area (Å²) in [5.41, 5.74) is -1.19. The van der Waals surface area contributed by atoms with Crippen molar-refractivity contribution in [2.24, 2.45) is 11.8 Å². The Morgan fingerprint density at radius 1 is 1.39 bits per heavy atom. The minimum Gasteiger partial charge on any atom is -0.465 e. The molecule has 6 nitrogen and oxygen atoms in total. The summed E-state index contributed by atoms with van der Waals surface area (Å²) in [5.74, 6) is -2.25. The van der Waals surface area contributed by atoms with Crippen molar-refractivity contribution < 1.29 is 19.1 Å². The maximum Gasteiger partial charge on any atom is 0.326 e. The van der Waals surface area contributed by atoms with E-state index in [1.807, 2.05) is 17.5 Å². The number of carbonyl (C=O) groups is 3. The summed E-state index contributed by atoms with van der Waals surface area (Å²) in [4.78, 5) is 40.2. The number of hydrogen-bond donors (Lipinski definition) is 1. The second-order valence-corrected chi connectivity index (χ2v) is 6.96. The molecule has 2 amide bonds. The number of nitrogens with zero attached hydrogens (tertiary/aromatic N) is 1. The summed E-state index contributed by atoms with van der Waals surface area (Å²) in [7, 11) is 0. The maximum absolute atomic E-state index is 12.7. The summed E-state index contributed by atoms with van der Waals surface area (Å²) < 4.78 is 5.18. The third-order valence-electron chi connectivity index (χ3n) is 4.74. The van der Waals surface area contributed by atoms with Gasteiger partial charge in [0.05, 0.1) is 24.5 Å². The Labute approximate surface area is 138 Å². The number of carbonyl (C=O) groups excluding carboxylic acids is 3. The summed E-state index contributed by atoms with van der Waals surface area (Å²) in [6, 6.07) is 3.47. The van der Waals surface area contributed by atoms with E-state index in [4.69, 9.17) is 4.74 Å². The highest BCUT2D eigenvalue weighted by Gasteiger charge is 2.66. The third-order valence-corrected chi connectivity index (χ3v) is 5.70. The van der Waals surface area contributed by atoms with E-state index >= 15 is 0 Å². The van der Waals surface area contributed by atoms with Gasteiger partial charge in [-0.25, -0.2) is 0 Å². The lowest BCUT2D eigenvalue weighted by Crippen LogP contribution is -2.54. The molecule has 0 spiro atoms. The van der Waals surface area contributed by atoms with E-state index in [1.165, 1.54) is 16.2 Å². The first kappa shape index (κ1) is 16.1. The van der Waals surface area contributed by atoms with Crippen LogP contribution in [0.2, 0.25) is 0 Å². The van der Waals surface area contributed by atoms with Gasteiger partial charge >= 0.3 is 5.97 Å². The molecule has 3 heterocycles. The van der Waals surface area contributed by atoms with E-state index in [0.29, 0.717) is 6.54 Å². The molecule has 1 aromatic rings. The van der Waals surface area contributed by atoms with Gasteiger partial charge in [0.2, 0.25) is 11.8 Å². The Kier molecular flexibility index (Phi) is 4.01. The van der Waals surface area contributed by atoms with E-state index in [0.717, 1.165) is 4.88 Å². The van der Waals surface area contributed by atoms with Crippen LogP contribution in [-0.4, -0.2) is 41.4 Å². The Balaban J connectivity index is 2.06. The van der Waals surface area contributed by atoms with Crippen molar-refractivity contribution in [3.63, 3.8) is 0 Å². The predicted molar refractivity (Wildman–Crippen MR) is 84.6 cm³/mol. The second-order valence-electron chi connectivity index (χ2n) is 5.98. The fourth-order valence-corrected chi connectivity index (χ4v) is 4.51. The van der Waals surface area contributed by atoms with Gasteiger partial charge in [-0.3, -0.25) is 24.6 Å².